The summed E-state index contributed by atoms with van der Waals surface area (Å²) in [6.45, 7) is 2.14. The van der Waals surface area contributed by atoms with Gasteiger partial charge in [0.1, 0.15) is 5.52 Å². The van der Waals surface area contributed by atoms with Crippen molar-refractivity contribution in [3.63, 3.8) is 0 Å². The van der Waals surface area contributed by atoms with E-state index in [1.165, 1.54) is 11.1 Å². The van der Waals surface area contributed by atoms with Crippen LogP contribution in [0.3, 0.4) is 0 Å². The van der Waals surface area contributed by atoms with Gasteiger partial charge in [-0.25, -0.2) is 4.98 Å². The van der Waals surface area contributed by atoms with Crippen molar-refractivity contribution >= 4 is 26.7 Å². The van der Waals surface area contributed by atoms with Gasteiger partial charge >= 0.3 is 0 Å². The lowest BCUT2D eigenvalue weighted by Crippen LogP contribution is -2.21. The number of nitrogens with zero attached hydrogens (tertiary/aromatic N) is 2. The SMILES string of the molecule is c1cc2sc(NC3CCNC3)nc2cn1. The average molecular weight is 220 g/mol. The van der Waals surface area contributed by atoms with Crippen molar-refractivity contribution in [3.05, 3.63) is 18.5 Å². The van der Waals surface area contributed by atoms with Crippen molar-refractivity contribution in [1.29, 1.82) is 0 Å². The van der Waals surface area contributed by atoms with E-state index in [0.29, 0.717) is 6.04 Å². The van der Waals surface area contributed by atoms with E-state index in [2.05, 4.69) is 20.6 Å². The Balaban J connectivity index is 1.84. The van der Waals surface area contributed by atoms with Crippen molar-refractivity contribution in [2.45, 2.75) is 12.5 Å². The van der Waals surface area contributed by atoms with Crippen LogP contribution in [0.4, 0.5) is 5.13 Å². The minimum Gasteiger partial charge on any atom is -0.357 e. The van der Waals surface area contributed by atoms with E-state index in [-0.39, 0.29) is 0 Å². The fourth-order valence-electron chi connectivity index (χ4n) is 1.79. The Kier molecular flexibility index (Phi) is 2.26. The van der Waals surface area contributed by atoms with Crippen LogP contribution in [0.25, 0.3) is 10.2 Å². The minimum absolute atomic E-state index is 0.526. The zero-order valence-electron chi connectivity index (χ0n) is 8.23. The van der Waals surface area contributed by atoms with Gasteiger partial charge in [0.25, 0.3) is 0 Å². The molecule has 4 nitrogen and oxygen atoms in total. The van der Waals surface area contributed by atoms with Crippen LogP contribution in [-0.2, 0) is 0 Å². The van der Waals surface area contributed by atoms with Crippen molar-refractivity contribution < 1.29 is 0 Å². The van der Waals surface area contributed by atoms with Crippen LogP contribution in [-0.4, -0.2) is 29.1 Å². The topological polar surface area (TPSA) is 49.8 Å². The second kappa shape index (κ2) is 3.75. The Morgan fingerprint density at radius 2 is 2.53 bits per heavy atom. The molecule has 5 heteroatoms. The molecule has 1 saturated heterocycles. The van der Waals surface area contributed by atoms with Crippen LogP contribution in [0.2, 0.25) is 0 Å². The van der Waals surface area contributed by atoms with Gasteiger partial charge in [0, 0.05) is 18.8 Å². The molecule has 1 aliphatic rings. The van der Waals surface area contributed by atoms with Crippen molar-refractivity contribution in [2.75, 3.05) is 18.4 Å². The van der Waals surface area contributed by atoms with Crippen LogP contribution in [0.5, 0.6) is 0 Å². The Morgan fingerprint density at radius 1 is 1.53 bits per heavy atom. The second-order valence-corrected chi connectivity index (χ2v) is 4.73. The summed E-state index contributed by atoms with van der Waals surface area (Å²) in [5, 5.41) is 7.78. The number of anilines is 1. The van der Waals surface area contributed by atoms with Gasteiger partial charge in [0.05, 0.1) is 10.9 Å². The fourth-order valence-corrected chi connectivity index (χ4v) is 2.70. The lowest BCUT2D eigenvalue weighted by Gasteiger charge is -2.08. The maximum absolute atomic E-state index is 4.49. The highest BCUT2D eigenvalue weighted by molar-refractivity contribution is 7.22. The smallest absolute Gasteiger partial charge is 0.184 e. The van der Waals surface area contributed by atoms with Crippen LogP contribution in [0, 0.1) is 0 Å². The molecule has 2 N–H and O–H groups in total. The summed E-state index contributed by atoms with van der Waals surface area (Å²) < 4.78 is 1.19. The lowest BCUT2D eigenvalue weighted by molar-refractivity contribution is 0.792. The predicted octanol–water partition coefficient (Wildman–Crippen LogP) is 1.47. The summed E-state index contributed by atoms with van der Waals surface area (Å²) in [5.74, 6) is 0. The van der Waals surface area contributed by atoms with Gasteiger partial charge < -0.3 is 10.6 Å². The van der Waals surface area contributed by atoms with E-state index < -0.39 is 0 Å². The molecule has 3 heterocycles. The minimum atomic E-state index is 0.526. The Labute approximate surface area is 91.7 Å². The van der Waals surface area contributed by atoms with Crippen LogP contribution in [0.15, 0.2) is 18.5 Å². The molecular weight excluding hydrogens is 208 g/mol. The van der Waals surface area contributed by atoms with Gasteiger partial charge in [-0.3, -0.25) is 4.98 Å². The standard InChI is InChI=1S/C10H12N4S/c1-3-11-5-7(1)13-10-14-8-6-12-4-2-9(8)15-10/h2,4,6-7,11H,1,3,5H2,(H,13,14). The Morgan fingerprint density at radius 3 is 3.33 bits per heavy atom. The lowest BCUT2D eigenvalue weighted by atomic mass is 10.3. The normalized spacial score (nSPS) is 20.9. The molecule has 2 aromatic rings. The highest BCUT2D eigenvalue weighted by Gasteiger charge is 2.15. The highest BCUT2D eigenvalue weighted by Crippen LogP contribution is 2.25. The summed E-state index contributed by atoms with van der Waals surface area (Å²) in [5.41, 5.74) is 0.982. The summed E-state index contributed by atoms with van der Waals surface area (Å²) in [4.78, 5) is 8.56. The zero-order valence-corrected chi connectivity index (χ0v) is 9.05. The molecule has 0 amide bonds. The number of rotatable bonds is 2. The second-order valence-electron chi connectivity index (χ2n) is 3.70. The molecule has 0 aromatic carbocycles. The van der Waals surface area contributed by atoms with Crippen LogP contribution < -0.4 is 10.6 Å². The molecule has 1 fully saturated rings. The first kappa shape index (κ1) is 9.06. The van der Waals surface area contributed by atoms with Crippen molar-refractivity contribution in [3.8, 4) is 0 Å². The first-order chi connectivity index (χ1) is 7.42. The first-order valence-corrected chi connectivity index (χ1v) is 5.91. The van der Waals surface area contributed by atoms with Gasteiger partial charge in [0.2, 0.25) is 0 Å². The number of hydrogen-bond donors (Lipinski definition) is 2. The van der Waals surface area contributed by atoms with E-state index in [9.17, 15) is 0 Å². The maximum atomic E-state index is 4.49. The third-order valence-electron chi connectivity index (χ3n) is 2.58. The third kappa shape index (κ3) is 1.80. The third-order valence-corrected chi connectivity index (χ3v) is 3.55. The molecule has 0 spiro atoms. The molecule has 1 unspecified atom stereocenters. The Bertz CT molecular complexity index is 428. The van der Waals surface area contributed by atoms with Crippen LogP contribution >= 0.6 is 11.3 Å². The molecule has 1 aliphatic heterocycles. The van der Waals surface area contributed by atoms with Gasteiger partial charge in [0.15, 0.2) is 5.13 Å². The number of aromatic nitrogens is 2. The number of hydrogen-bond acceptors (Lipinski definition) is 5. The molecule has 0 saturated carbocycles. The molecular formula is C10H12N4S. The molecule has 2 aromatic heterocycles. The molecule has 0 aliphatic carbocycles. The molecule has 0 bridgehead atoms. The Hall–Kier alpha value is -1.20. The van der Waals surface area contributed by atoms with Crippen molar-refractivity contribution in [1.82, 2.24) is 15.3 Å². The summed E-state index contributed by atoms with van der Waals surface area (Å²) >= 11 is 1.69. The quantitative estimate of drug-likeness (QED) is 0.804. The van der Waals surface area contributed by atoms with Gasteiger partial charge in [-0.2, -0.15) is 0 Å². The molecule has 0 radical (unpaired) electrons. The monoisotopic (exact) mass is 220 g/mol. The molecule has 15 heavy (non-hydrogen) atoms. The van der Waals surface area contributed by atoms with E-state index in [0.717, 1.165) is 23.7 Å². The van der Waals surface area contributed by atoms with Gasteiger partial charge in [-0.15, -0.1) is 0 Å². The van der Waals surface area contributed by atoms with E-state index >= 15 is 0 Å². The summed E-state index contributed by atoms with van der Waals surface area (Å²) in [6.07, 6.45) is 4.79. The fraction of sp³-hybridized carbons (Fsp3) is 0.400. The maximum Gasteiger partial charge on any atom is 0.184 e. The molecule has 3 rings (SSSR count). The van der Waals surface area contributed by atoms with E-state index in [1.54, 1.807) is 17.5 Å². The number of thiazole rings is 1. The number of fused-ring (bicyclic) bond motifs is 1. The molecule has 78 valence electrons. The van der Waals surface area contributed by atoms with E-state index in [1.807, 2.05) is 12.3 Å². The summed E-state index contributed by atoms with van der Waals surface area (Å²) in [7, 11) is 0. The van der Waals surface area contributed by atoms with E-state index in [4.69, 9.17) is 0 Å². The highest BCUT2D eigenvalue weighted by atomic mass is 32.1. The van der Waals surface area contributed by atoms with Gasteiger partial charge in [-0.05, 0) is 19.0 Å². The van der Waals surface area contributed by atoms with Crippen LogP contribution in [0.1, 0.15) is 6.42 Å². The average Bonchev–Trinajstić information content (AvgIpc) is 2.86. The number of nitrogens with one attached hydrogen (secondary N) is 2. The number of pyridine rings is 1. The first-order valence-electron chi connectivity index (χ1n) is 5.09. The zero-order chi connectivity index (χ0) is 10.1. The predicted molar refractivity (Wildman–Crippen MR) is 62.3 cm³/mol. The summed E-state index contributed by atoms with van der Waals surface area (Å²) in [6, 6.07) is 2.53. The van der Waals surface area contributed by atoms with Crippen molar-refractivity contribution in [2.24, 2.45) is 0 Å². The largest absolute Gasteiger partial charge is 0.357 e. The van der Waals surface area contributed by atoms with Gasteiger partial charge in [-0.1, -0.05) is 11.3 Å². The molecule has 1 atom stereocenters.